The van der Waals surface area contributed by atoms with Gasteiger partial charge in [0, 0.05) is 50.8 Å². The van der Waals surface area contributed by atoms with Crippen molar-refractivity contribution in [3.63, 3.8) is 0 Å². The minimum absolute atomic E-state index is 0.135. The number of allylic oxidation sites excluding steroid dienone is 1. The Morgan fingerprint density at radius 3 is 2.71 bits per heavy atom. The van der Waals surface area contributed by atoms with Gasteiger partial charge in [-0.1, -0.05) is 11.6 Å². The molecular formula is C26H22ClFN4O2. The van der Waals surface area contributed by atoms with Crippen LogP contribution in [0.5, 0.6) is 0 Å². The van der Waals surface area contributed by atoms with Gasteiger partial charge in [-0.2, -0.15) is 9.61 Å². The van der Waals surface area contributed by atoms with Gasteiger partial charge in [-0.15, -0.1) is 0 Å². The maximum absolute atomic E-state index is 15.0. The van der Waals surface area contributed by atoms with Crippen molar-refractivity contribution < 1.29 is 9.13 Å². The van der Waals surface area contributed by atoms with Crippen molar-refractivity contribution in [3.8, 4) is 11.1 Å². The number of ether oxygens (including phenoxy) is 1. The van der Waals surface area contributed by atoms with E-state index in [0.29, 0.717) is 51.8 Å². The first-order valence-electron chi connectivity index (χ1n) is 11.0. The van der Waals surface area contributed by atoms with Crippen LogP contribution in [0.2, 0.25) is 5.02 Å². The molecule has 0 aliphatic carbocycles. The van der Waals surface area contributed by atoms with E-state index in [4.69, 9.17) is 16.3 Å². The van der Waals surface area contributed by atoms with E-state index in [2.05, 4.69) is 15.1 Å². The Kier molecular flexibility index (Phi) is 5.65. The van der Waals surface area contributed by atoms with Gasteiger partial charge in [-0.05, 0) is 69.7 Å². The van der Waals surface area contributed by atoms with Crippen molar-refractivity contribution in [3.05, 3.63) is 98.1 Å². The Balaban J connectivity index is 1.73. The Labute approximate surface area is 200 Å². The fourth-order valence-electron chi connectivity index (χ4n) is 4.13. The largest absolute Gasteiger partial charge is 0.493 e. The Morgan fingerprint density at radius 2 is 1.94 bits per heavy atom. The normalized spacial score (nSPS) is 15.8. The number of rotatable bonds is 3. The zero-order chi connectivity index (χ0) is 24.0. The van der Waals surface area contributed by atoms with Crippen LogP contribution in [-0.4, -0.2) is 26.2 Å². The Hall–Kier alpha value is -3.58. The lowest BCUT2D eigenvalue weighted by Gasteiger charge is -2.23. The monoisotopic (exact) mass is 476 g/mol. The highest BCUT2D eigenvalue weighted by Crippen LogP contribution is 2.34. The number of aromatic nitrogens is 4. The van der Waals surface area contributed by atoms with Crippen LogP contribution in [0.15, 0.2) is 53.5 Å². The van der Waals surface area contributed by atoms with Crippen molar-refractivity contribution in [2.45, 2.75) is 33.1 Å². The Morgan fingerprint density at radius 1 is 1.12 bits per heavy atom. The summed E-state index contributed by atoms with van der Waals surface area (Å²) in [6, 6.07) is 10.1. The number of halogens is 2. The summed E-state index contributed by atoms with van der Waals surface area (Å²) < 4.78 is 22.2. The fraction of sp³-hybridized carbons (Fsp3) is 0.231. The van der Waals surface area contributed by atoms with Gasteiger partial charge in [0.1, 0.15) is 11.6 Å². The van der Waals surface area contributed by atoms with Crippen molar-refractivity contribution in [1.82, 2.24) is 19.6 Å². The molecule has 34 heavy (non-hydrogen) atoms. The van der Waals surface area contributed by atoms with Crippen LogP contribution in [0.4, 0.5) is 4.39 Å². The lowest BCUT2D eigenvalue weighted by molar-refractivity contribution is 0.249. The van der Waals surface area contributed by atoms with Gasteiger partial charge in [-0.3, -0.25) is 9.78 Å². The molecule has 1 atom stereocenters. The molecule has 5 rings (SSSR count). The summed E-state index contributed by atoms with van der Waals surface area (Å²) in [5.41, 5.74) is 4.35. The first-order valence-corrected chi connectivity index (χ1v) is 11.3. The molecular weight excluding hydrogens is 455 g/mol. The second kappa shape index (κ2) is 8.65. The summed E-state index contributed by atoms with van der Waals surface area (Å²) in [4.78, 5) is 22.0. The quantitative estimate of drug-likeness (QED) is 0.395. The van der Waals surface area contributed by atoms with E-state index in [1.807, 2.05) is 31.2 Å². The van der Waals surface area contributed by atoms with Crippen LogP contribution in [0.25, 0.3) is 22.5 Å². The summed E-state index contributed by atoms with van der Waals surface area (Å²) in [7, 11) is 0. The van der Waals surface area contributed by atoms with E-state index in [-0.39, 0.29) is 11.5 Å². The van der Waals surface area contributed by atoms with Crippen LogP contribution < -0.4 is 5.56 Å². The van der Waals surface area contributed by atoms with E-state index in [0.717, 1.165) is 17.0 Å². The lowest BCUT2D eigenvalue weighted by atomic mass is 9.94. The second-order valence-electron chi connectivity index (χ2n) is 8.43. The third-order valence-electron chi connectivity index (χ3n) is 6.10. The number of pyridine rings is 1. The molecule has 0 spiro atoms. The SMILES string of the molecule is Cc1cc(C2=CC(c3cc(-c4ccc(Cl)cc4F)c4nc(C)c(C)c(=O)n4n3)CCO2)ccn1. The van der Waals surface area contributed by atoms with Crippen LogP contribution >= 0.6 is 11.6 Å². The van der Waals surface area contributed by atoms with Crippen molar-refractivity contribution >= 4 is 23.0 Å². The first-order chi connectivity index (χ1) is 16.3. The molecule has 0 N–H and O–H groups in total. The number of benzene rings is 1. The average molecular weight is 477 g/mol. The topological polar surface area (TPSA) is 69.4 Å². The van der Waals surface area contributed by atoms with Crippen molar-refractivity contribution in [1.29, 1.82) is 0 Å². The molecule has 0 bridgehead atoms. The molecule has 6 nitrogen and oxygen atoms in total. The highest BCUT2D eigenvalue weighted by atomic mass is 35.5. The predicted octanol–water partition coefficient (Wildman–Crippen LogP) is 5.41. The van der Waals surface area contributed by atoms with Gasteiger partial charge >= 0.3 is 0 Å². The molecule has 3 aromatic heterocycles. The van der Waals surface area contributed by atoms with Crippen LogP contribution in [0, 0.1) is 26.6 Å². The van der Waals surface area contributed by atoms with Crippen LogP contribution in [0.1, 0.15) is 40.5 Å². The molecule has 4 aromatic rings. The van der Waals surface area contributed by atoms with E-state index >= 15 is 0 Å². The van der Waals surface area contributed by atoms with E-state index in [9.17, 15) is 9.18 Å². The molecule has 0 saturated carbocycles. The number of hydrogen-bond acceptors (Lipinski definition) is 5. The summed E-state index contributed by atoms with van der Waals surface area (Å²) in [6.07, 6.45) is 4.40. The summed E-state index contributed by atoms with van der Waals surface area (Å²) in [6.45, 7) is 5.89. The molecule has 1 aliphatic heterocycles. The minimum atomic E-state index is -0.491. The second-order valence-corrected chi connectivity index (χ2v) is 8.87. The maximum atomic E-state index is 15.0. The number of aryl methyl sites for hydroxylation is 2. The lowest BCUT2D eigenvalue weighted by Crippen LogP contribution is -2.24. The van der Waals surface area contributed by atoms with E-state index < -0.39 is 5.82 Å². The van der Waals surface area contributed by atoms with Gasteiger partial charge in [0.15, 0.2) is 5.65 Å². The summed E-state index contributed by atoms with van der Waals surface area (Å²) in [5.74, 6) is 0.104. The zero-order valence-electron chi connectivity index (χ0n) is 19.0. The number of fused-ring (bicyclic) bond motifs is 1. The molecule has 1 aliphatic rings. The summed E-state index contributed by atoms with van der Waals surface area (Å²) >= 11 is 5.98. The third-order valence-corrected chi connectivity index (χ3v) is 6.34. The number of nitrogens with zero attached hydrogens (tertiary/aromatic N) is 4. The molecule has 172 valence electrons. The van der Waals surface area contributed by atoms with Crippen molar-refractivity contribution in [2.24, 2.45) is 0 Å². The van der Waals surface area contributed by atoms with Gasteiger partial charge in [0.25, 0.3) is 5.56 Å². The van der Waals surface area contributed by atoms with Crippen LogP contribution in [0.3, 0.4) is 0 Å². The number of hydrogen-bond donors (Lipinski definition) is 0. The maximum Gasteiger partial charge on any atom is 0.277 e. The van der Waals surface area contributed by atoms with Gasteiger partial charge < -0.3 is 4.74 Å². The van der Waals surface area contributed by atoms with Gasteiger partial charge in [-0.25, -0.2) is 9.37 Å². The van der Waals surface area contributed by atoms with Gasteiger partial charge in [0.05, 0.1) is 12.3 Å². The summed E-state index contributed by atoms with van der Waals surface area (Å²) in [5, 5.41) is 4.95. The first kappa shape index (κ1) is 22.2. The molecule has 0 amide bonds. The average Bonchev–Trinajstić information content (AvgIpc) is 2.82. The molecule has 0 radical (unpaired) electrons. The molecule has 1 aromatic carbocycles. The minimum Gasteiger partial charge on any atom is -0.493 e. The van der Waals surface area contributed by atoms with Gasteiger partial charge in [0.2, 0.25) is 0 Å². The van der Waals surface area contributed by atoms with Crippen LogP contribution in [-0.2, 0) is 4.74 Å². The molecule has 0 fully saturated rings. The zero-order valence-corrected chi connectivity index (χ0v) is 19.7. The fourth-order valence-corrected chi connectivity index (χ4v) is 4.29. The predicted molar refractivity (Wildman–Crippen MR) is 129 cm³/mol. The van der Waals surface area contributed by atoms with E-state index in [1.54, 1.807) is 32.2 Å². The molecule has 1 unspecified atom stereocenters. The highest BCUT2D eigenvalue weighted by Gasteiger charge is 2.23. The highest BCUT2D eigenvalue weighted by molar-refractivity contribution is 6.30. The smallest absolute Gasteiger partial charge is 0.277 e. The standard InChI is InChI=1S/C26H22ClFN4O2/c1-14-10-18(6-8-29-14)24-11-17(7-9-34-24)23-13-21(20-5-4-19(27)12-22(20)28)25-30-16(3)15(2)26(33)32(25)31-23/h4-6,8,10-13,17H,7,9H2,1-3H3. The molecule has 0 saturated heterocycles. The molecule has 8 heteroatoms. The van der Waals surface area contributed by atoms with E-state index in [1.165, 1.54) is 10.6 Å². The molecule has 4 heterocycles. The third kappa shape index (κ3) is 3.96. The Bertz CT molecular complexity index is 1530. The van der Waals surface area contributed by atoms with Crippen molar-refractivity contribution in [2.75, 3.05) is 6.61 Å².